The van der Waals surface area contributed by atoms with E-state index in [1.807, 2.05) is 18.4 Å². The molecule has 0 heterocycles. The van der Waals surface area contributed by atoms with Gasteiger partial charge in [-0.3, -0.25) is 0 Å². The minimum Gasteiger partial charge on any atom is -0.493 e. The third kappa shape index (κ3) is 5.39. The highest BCUT2D eigenvalue weighted by atomic mass is 32.2. The van der Waals surface area contributed by atoms with Crippen molar-refractivity contribution in [2.24, 2.45) is 0 Å². The van der Waals surface area contributed by atoms with Gasteiger partial charge >= 0.3 is 0 Å². The second kappa shape index (κ2) is 9.89. The average Bonchev–Trinajstić information content (AvgIpc) is 2.53. The van der Waals surface area contributed by atoms with E-state index in [0.717, 1.165) is 24.6 Å². The van der Waals surface area contributed by atoms with Crippen LogP contribution in [0.2, 0.25) is 0 Å². The zero-order valence-corrected chi connectivity index (χ0v) is 14.2. The van der Waals surface area contributed by atoms with E-state index in [1.54, 1.807) is 40.2 Å². The maximum absolute atomic E-state index is 5.36. The summed E-state index contributed by atoms with van der Waals surface area (Å²) in [6.07, 6.45) is 2.10. The maximum atomic E-state index is 5.36. The van der Waals surface area contributed by atoms with Crippen molar-refractivity contribution < 1.29 is 18.9 Å². The molecule has 0 aromatic heterocycles. The predicted molar refractivity (Wildman–Crippen MR) is 85.7 cm³/mol. The predicted octanol–water partition coefficient (Wildman–Crippen LogP) is 2.18. The molecule has 0 fully saturated rings. The van der Waals surface area contributed by atoms with Gasteiger partial charge in [0.1, 0.15) is 0 Å². The van der Waals surface area contributed by atoms with Crippen molar-refractivity contribution in [2.45, 2.75) is 17.5 Å². The number of hydrogen-bond acceptors (Lipinski definition) is 6. The van der Waals surface area contributed by atoms with Gasteiger partial charge in [-0.1, -0.05) is 0 Å². The third-order valence-corrected chi connectivity index (χ3v) is 3.98. The first-order valence-electron chi connectivity index (χ1n) is 6.71. The summed E-state index contributed by atoms with van der Waals surface area (Å²) in [4.78, 5) is 1.17. The molecule has 5 nitrogen and oxygen atoms in total. The van der Waals surface area contributed by atoms with Crippen molar-refractivity contribution in [1.82, 2.24) is 5.32 Å². The molecule has 0 aliphatic carbocycles. The molecule has 1 rings (SSSR count). The first-order valence-corrected chi connectivity index (χ1v) is 7.93. The number of benzene rings is 1. The van der Waals surface area contributed by atoms with E-state index in [4.69, 9.17) is 18.9 Å². The van der Waals surface area contributed by atoms with Gasteiger partial charge in [0.25, 0.3) is 0 Å². The van der Waals surface area contributed by atoms with E-state index in [2.05, 4.69) is 5.32 Å². The smallest absolute Gasteiger partial charge is 0.161 e. The fourth-order valence-electron chi connectivity index (χ4n) is 1.99. The van der Waals surface area contributed by atoms with Crippen LogP contribution in [0.15, 0.2) is 17.0 Å². The van der Waals surface area contributed by atoms with Crippen LogP contribution < -0.4 is 14.8 Å². The van der Waals surface area contributed by atoms with Crippen LogP contribution in [0.25, 0.3) is 0 Å². The first-order chi connectivity index (χ1) is 10.2. The summed E-state index contributed by atoms with van der Waals surface area (Å²) in [6, 6.07) is 4.01. The number of ether oxygens (including phenoxy) is 4. The summed E-state index contributed by atoms with van der Waals surface area (Å²) in [5, 5.41) is 3.39. The molecule has 0 saturated carbocycles. The van der Waals surface area contributed by atoms with Crippen LogP contribution in [0.1, 0.15) is 5.56 Å². The van der Waals surface area contributed by atoms with Gasteiger partial charge in [0.15, 0.2) is 11.5 Å². The molecule has 0 amide bonds. The molecule has 1 atom stereocenters. The lowest BCUT2D eigenvalue weighted by molar-refractivity contribution is 0.0287. The number of thioether (sulfide) groups is 1. The Labute approximate surface area is 131 Å². The lowest BCUT2D eigenvalue weighted by atomic mass is 10.2. The number of hydrogen-bond donors (Lipinski definition) is 1. The van der Waals surface area contributed by atoms with Gasteiger partial charge in [0.05, 0.1) is 26.9 Å². The van der Waals surface area contributed by atoms with Gasteiger partial charge < -0.3 is 24.3 Å². The van der Waals surface area contributed by atoms with Crippen molar-refractivity contribution in [2.75, 3.05) is 47.8 Å². The summed E-state index contributed by atoms with van der Waals surface area (Å²) in [7, 11) is 6.66. The molecule has 0 aliphatic heterocycles. The quantitative estimate of drug-likeness (QED) is 0.668. The van der Waals surface area contributed by atoms with Crippen molar-refractivity contribution >= 4 is 11.8 Å². The highest BCUT2D eigenvalue weighted by molar-refractivity contribution is 7.98. The van der Waals surface area contributed by atoms with Gasteiger partial charge in [-0.15, -0.1) is 11.8 Å². The molecule has 21 heavy (non-hydrogen) atoms. The highest BCUT2D eigenvalue weighted by Crippen LogP contribution is 2.34. The van der Waals surface area contributed by atoms with Gasteiger partial charge in [-0.2, -0.15) is 0 Å². The monoisotopic (exact) mass is 315 g/mol. The van der Waals surface area contributed by atoms with Gasteiger partial charge in [-0.05, 0) is 24.0 Å². The molecular formula is C15H25NO4S. The summed E-state index contributed by atoms with van der Waals surface area (Å²) in [6.45, 7) is 2.04. The molecule has 1 unspecified atom stereocenters. The SMILES string of the molecule is COCC(CNCc1cc(OC)c(OC)cc1SC)OC. The summed E-state index contributed by atoms with van der Waals surface area (Å²) in [5.74, 6) is 1.49. The fourth-order valence-corrected chi connectivity index (χ4v) is 2.61. The van der Waals surface area contributed by atoms with Crippen molar-refractivity contribution in [3.63, 3.8) is 0 Å². The minimum absolute atomic E-state index is 0.0490. The second-order valence-electron chi connectivity index (χ2n) is 4.46. The molecule has 0 spiro atoms. The zero-order chi connectivity index (χ0) is 15.7. The molecule has 1 N–H and O–H groups in total. The number of methoxy groups -OCH3 is 4. The molecule has 0 radical (unpaired) electrons. The standard InChI is InChI=1S/C15H25NO4S/c1-17-10-12(18-2)9-16-8-11-6-13(19-3)14(20-4)7-15(11)21-5/h6-7,12,16H,8-10H2,1-5H3. The van der Waals surface area contributed by atoms with Gasteiger partial charge in [0, 0.05) is 32.2 Å². The largest absolute Gasteiger partial charge is 0.493 e. The van der Waals surface area contributed by atoms with Crippen LogP contribution in [-0.4, -0.2) is 54.0 Å². The molecule has 6 heteroatoms. The first kappa shape index (κ1) is 18.1. The molecule has 0 saturated heterocycles. The summed E-state index contributed by atoms with van der Waals surface area (Å²) in [5.41, 5.74) is 1.17. The summed E-state index contributed by atoms with van der Waals surface area (Å²) >= 11 is 1.69. The summed E-state index contributed by atoms with van der Waals surface area (Å²) < 4.78 is 21.1. The lowest BCUT2D eigenvalue weighted by Gasteiger charge is -2.17. The number of rotatable bonds is 10. The zero-order valence-electron chi connectivity index (χ0n) is 13.4. The minimum atomic E-state index is 0.0490. The van der Waals surface area contributed by atoms with Crippen LogP contribution in [0, 0.1) is 0 Å². The van der Waals surface area contributed by atoms with Crippen LogP contribution >= 0.6 is 11.8 Å². The van der Waals surface area contributed by atoms with Crippen LogP contribution in [-0.2, 0) is 16.0 Å². The Bertz CT molecular complexity index is 428. The Balaban J connectivity index is 2.73. The molecule has 0 bridgehead atoms. The van der Waals surface area contributed by atoms with E-state index in [-0.39, 0.29) is 6.10 Å². The van der Waals surface area contributed by atoms with Crippen molar-refractivity contribution in [3.05, 3.63) is 17.7 Å². The van der Waals surface area contributed by atoms with E-state index in [9.17, 15) is 0 Å². The van der Waals surface area contributed by atoms with Crippen molar-refractivity contribution in [1.29, 1.82) is 0 Å². The van der Waals surface area contributed by atoms with E-state index in [1.165, 1.54) is 10.5 Å². The normalized spacial score (nSPS) is 12.2. The Kier molecular flexibility index (Phi) is 8.52. The highest BCUT2D eigenvalue weighted by Gasteiger charge is 2.12. The van der Waals surface area contributed by atoms with Crippen molar-refractivity contribution in [3.8, 4) is 11.5 Å². The average molecular weight is 315 g/mol. The Hall–Kier alpha value is -0.950. The number of nitrogens with one attached hydrogen (secondary N) is 1. The molecule has 1 aromatic carbocycles. The van der Waals surface area contributed by atoms with Crippen LogP contribution in [0.3, 0.4) is 0 Å². The van der Waals surface area contributed by atoms with Gasteiger partial charge in [0.2, 0.25) is 0 Å². The van der Waals surface area contributed by atoms with Gasteiger partial charge in [-0.25, -0.2) is 0 Å². The van der Waals surface area contributed by atoms with E-state index >= 15 is 0 Å². The van der Waals surface area contributed by atoms with E-state index < -0.39 is 0 Å². The second-order valence-corrected chi connectivity index (χ2v) is 5.31. The Morgan fingerprint density at radius 1 is 1.10 bits per heavy atom. The molecule has 120 valence electrons. The molecule has 0 aliphatic rings. The maximum Gasteiger partial charge on any atom is 0.161 e. The third-order valence-electron chi connectivity index (χ3n) is 3.16. The fraction of sp³-hybridized carbons (Fsp3) is 0.600. The Morgan fingerprint density at radius 2 is 1.76 bits per heavy atom. The molecule has 1 aromatic rings. The molecular weight excluding hydrogens is 290 g/mol. The van der Waals surface area contributed by atoms with Crippen LogP contribution in [0.5, 0.6) is 11.5 Å². The van der Waals surface area contributed by atoms with Crippen LogP contribution in [0.4, 0.5) is 0 Å². The lowest BCUT2D eigenvalue weighted by Crippen LogP contribution is -2.31. The topological polar surface area (TPSA) is 49.0 Å². The Morgan fingerprint density at radius 3 is 2.29 bits per heavy atom. The van der Waals surface area contributed by atoms with E-state index in [0.29, 0.717) is 6.61 Å².